The number of benzene rings is 2. The Morgan fingerprint density at radius 3 is 2.10 bits per heavy atom. The van der Waals surface area contributed by atoms with Crippen molar-refractivity contribution in [3.63, 3.8) is 0 Å². The van der Waals surface area contributed by atoms with E-state index in [9.17, 15) is 4.79 Å². The highest BCUT2D eigenvalue weighted by molar-refractivity contribution is 6.99. The van der Waals surface area contributed by atoms with Gasteiger partial charge in [0.15, 0.2) is 0 Å². The Kier molecular flexibility index (Phi) is 7.19. The zero-order valence-electron chi connectivity index (χ0n) is 19.1. The van der Waals surface area contributed by atoms with Crippen LogP contribution in [0, 0.1) is 5.41 Å². The number of amides is 1. The topological polar surface area (TPSA) is 64.3 Å². The van der Waals surface area contributed by atoms with Gasteiger partial charge in [-0.1, -0.05) is 87.5 Å². The molecule has 2 unspecified atom stereocenters. The van der Waals surface area contributed by atoms with Gasteiger partial charge in [0.05, 0.1) is 5.41 Å². The van der Waals surface area contributed by atoms with Gasteiger partial charge < -0.3 is 15.5 Å². The normalized spacial score (nSPS) is 20.3. The highest BCUT2D eigenvalue weighted by Gasteiger charge is 2.50. The zero-order valence-corrected chi connectivity index (χ0v) is 20.1. The summed E-state index contributed by atoms with van der Waals surface area (Å²) in [5, 5.41) is 5.35. The number of hydrogen-bond acceptors (Lipinski definition) is 3. The summed E-state index contributed by atoms with van der Waals surface area (Å²) in [7, 11) is -2.63. The molecule has 5 heteroatoms. The summed E-state index contributed by atoms with van der Waals surface area (Å²) in [5.74, 6) is 0.0910. The SMILES string of the molecule is C=CCC1(CC(N)CO[Si](c2ccccc2)(c2ccccc2)C(C)(C)C)CCNC1=O. The third-order valence-electron chi connectivity index (χ3n) is 6.49. The van der Waals surface area contributed by atoms with Crippen LogP contribution in [0.2, 0.25) is 5.04 Å². The predicted octanol–water partition coefficient (Wildman–Crippen LogP) is 3.36. The maximum atomic E-state index is 12.6. The van der Waals surface area contributed by atoms with Crippen LogP contribution in [0.1, 0.15) is 40.0 Å². The predicted molar refractivity (Wildman–Crippen MR) is 131 cm³/mol. The lowest BCUT2D eigenvalue weighted by atomic mass is 9.77. The Morgan fingerprint density at radius 1 is 1.13 bits per heavy atom. The molecule has 0 aromatic heterocycles. The zero-order chi connectivity index (χ0) is 22.5. The number of nitrogens with one attached hydrogen (secondary N) is 1. The van der Waals surface area contributed by atoms with Gasteiger partial charge in [0.25, 0.3) is 8.32 Å². The molecule has 0 aliphatic carbocycles. The summed E-state index contributed by atoms with van der Waals surface area (Å²) in [6.45, 7) is 11.8. The minimum Gasteiger partial charge on any atom is -0.406 e. The molecule has 0 saturated carbocycles. The van der Waals surface area contributed by atoms with E-state index >= 15 is 0 Å². The van der Waals surface area contributed by atoms with Gasteiger partial charge in [-0.05, 0) is 34.7 Å². The fraction of sp³-hybridized carbons (Fsp3) is 0.423. The van der Waals surface area contributed by atoms with E-state index in [-0.39, 0.29) is 17.0 Å². The molecule has 0 bridgehead atoms. The minimum atomic E-state index is -2.63. The molecule has 3 N–H and O–H groups in total. The van der Waals surface area contributed by atoms with Crippen molar-refractivity contribution in [1.82, 2.24) is 5.32 Å². The summed E-state index contributed by atoms with van der Waals surface area (Å²) in [5.41, 5.74) is 6.16. The Hall–Kier alpha value is -2.21. The van der Waals surface area contributed by atoms with Crippen LogP contribution in [-0.2, 0) is 9.22 Å². The first kappa shape index (κ1) is 23.5. The fourth-order valence-corrected chi connectivity index (χ4v) is 9.64. The van der Waals surface area contributed by atoms with Crippen molar-refractivity contribution in [3.05, 3.63) is 73.3 Å². The van der Waals surface area contributed by atoms with E-state index in [0.717, 1.165) is 6.42 Å². The molecule has 1 heterocycles. The molecule has 2 aromatic rings. The minimum absolute atomic E-state index is 0.0910. The van der Waals surface area contributed by atoms with E-state index in [2.05, 4.69) is 81.2 Å². The summed E-state index contributed by atoms with van der Waals surface area (Å²) >= 11 is 0. The molecule has 2 aromatic carbocycles. The average Bonchev–Trinajstić information content (AvgIpc) is 3.09. The monoisotopic (exact) mass is 436 g/mol. The number of nitrogens with two attached hydrogens (primary N) is 1. The largest absolute Gasteiger partial charge is 0.406 e. The number of rotatable bonds is 9. The van der Waals surface area contributed by atoms with Gasteiger partial charge in [-0.25, -0.2) is 0 Å². The molecule has 1 amide bonds. The van der Waals surface area contributed by atoms with Crippen molar-refractivity contribution in [2.24, 2.45) is 11.1 Å². The third kappa shape index (κ3) is 4.69. The maximum absolute atomic E-state index is 12.6. The van der Waals surface area contributed by atoms with Crippen LogP contribution in [0.4, 0.5) is 0 Å². The summed E-state index contributed by atoms with van der Waals surface area (Å²) in [6, 6.07) is 20.9. The summed E-state index contributed by atoms with van der Waals surface area (Å²) in [4.78, 5) is 12.6. The van der Waals surface area contributed by atoms with Crippen LogP contribution in [0.15, 0.2) is 73.3 Å². The van der Waals surface area contributed by atoms with Crippen LogP contribution in [0.3, 0.4) is 0 Å². The highest BCUT2D eigenvalue weighted by atomic mass is 28.4. The first-order chi connectivity index (χ1) is 14.7. The lowest BCUT2D eigenvalue weighted by molar-refractivity contribution is -0.128. The molecule has 0 spiro atoms. The second-order valence-corrected chi connectivity index (χ2v) is 14.0. The van der Waals surface area contributed by atoms with Crippen LogP contribution in [0.25, 0.3) is 0 Å². The molecule has 1 aliphatic rings. The third-order valence-corrected chi connectivity index (χ3v) is 11.5. The Balaban J connectivity index is 1.92. The van der Waals surface area contributed by atoms with Gasteiger partial charge in [-0.3, -0.25) is 4.79 Å². The fourth-order valence-electron chi connectivity index (χ4n) is 5.02. The maximum Gasteiger partial charge on any atom is 0.261 e. The van der Waals surface area contributed by atoms with E-state index in [1.807, 2.05) is 18.2 Å². The molecule has 1 saturated heterocycles. The molecule has 1 fully saturated rings. The first-order valence-corrected chi connectivity index (χ1v) is 13.1. The molecule has 2 atom stereocenters. The number of carbonyl (C=O) groups is 1. The van der Waals surface area contributed by atoms with Crippen molar-refractivity contribution in [2.45, 2.75) is 51.1 Å². The van der Waals surface area contributed by atoms with E-state index in [0.29, 0.717) is 26.0 Å². The number of allylic oxidation sites excluding steroid dienone is 1. The second-order valence-electron chi connectivity index (χ2n) is 9.72. The van der Waals surface area contributed by atoms with Gasteiger partial charge in [0, 0.05) is 19.2 Å². The van der Waals surface area contributed by atoms with Crippen molar-refractivity contribution >= 4 is 24.6 Å². The first-order valence-electron chi connectivity index (χ1n) is 11.1. The molecule has 0 radical (unpaired) electrons. The van der Waals surface area contributed by atoms with E-state index in [1.165, 1.54) is 10.4 Å². The van der Waals surface area contributed by atoms with E-state index in [1.54, 1.807) is 0 Å². The van der Waals surface area contributed by atoms with Crippen molar-refractivity contribution < 1.29 is 9.22 Å². The Labute approximate surface area is 188 Å². The van der Waals surface area contributed by atoms with Crippen molar-refractivity contribution in [2.75, 3.05) is 13.2 Å². The smallest absolute Gasteiger partial charge is 0.261 e. The Morgan fingerprint density at radius 2 is 1.68 bits per heavy atom. The van der Waals surface area contributed by atoms with Gasteiger partial charge in [-0.15, -0.1) is 6.58 Å². The van der Waals surface area contributed by atoms with E-state index in [4.69, 9.17) is 10.2 Å². The van der Waals surface area contributed by atoms with Crippen LogP contribution in [-0.4, -0.2) is 33.4 Å². The molecule has 1 aliphatic heterocycles. The molecule has 4 nitrogen and oxygen atoms in total. The quantitative estimate of drug-likeness (QED) is 0.468. The van der Waals surface area contributed by atoms with Crippen LogP contribution in [0.5, 0.6) is 0 Å². The Bertz CT molecular complexity index is 840. The lowest BCUT2D eigenvalue weighted by Crippen LogP contribution is -2.67. The van der Waals surface area contributed by atoms with Gasteiger partial charge in [0.1, 0.15) is 0 Å². The molecule has 166 valence electrons. The lowest BCUT2D eigenvalue weighted by Gasteiger charge is -2.43. The second kappa shape index (κ2) is 9.51. The molecule has 3 rings (SSSR count). The summed E-state index contributed by atoms with van der Waals surface area (Å²) in [6.07, 6.45) is 3.88. The van der Waals surface area contributed by atoms with Gasteiger partial charge in [0.2, 0.25) is 5.91 Å². The van der Waals surface area contributed by atoms with Crippen molar-refractivity contribution in [1.29, 1.82) is 0 Å². The van der Waals surface area contributed by atoms with E-state index < -0.39 is 13.7 Å². The highest BCUT2D eigenvalue weighted by Crippen LogP contribution is 2.38. The number of hydrogen-bond donors (Lipinski definition) is 2. The van der Waals surface area contributed by atoms with Crippen molar-refractivity contribution in [3.8, 4) is 0 Å². The summed E-state index contributed by atoms with van der Waals surface area (Å²) < 4.78 is 6.95. The number of carbonyl (C=O) groups excluding carboxylic acids is 1. The van der Waals surface area contributed by atoms with Crippen LogP contribution < -0.4 is 21.4 Å². The average molecular weight is 437 g/mol. The standard InChI is InChI=1S/C26H36N2O2Si/c1-5-16-26(17-18-28-24(26)29)19-21(27)20-30-31(25(2,3)4,22-12-8-6-9-13-22)23-14-10-7-11-15-23/h5-15,21H,1,16-20,27H2,2-4H3,(H,28,29). The molecular weight excluding hydrogens is 400 g/mol. The molecule has 31 heavy (non-hydrogen) atoms. The van der Waals surface area contributed by atoms with Gasteiger partial charge in [-0.2, -0.15) is 0 Å². The van der Waals surface area contributed by atoms with Crippen LogP contribution >= 0.6 is 0 Å². The van der Waals surface area contributed by atoms with Gasteiger partial charge >= 0.3 is 0 Å². The molecular formula is C26H36N2O2Si.